The van der Waals surface area contributed by atoms with Crippen LogP contribution in [0.4, 0.5) is 20.7 Å². The Labute approximate surface area is 173 Å². The highest BCUT2D eigenvalue weighted by atomic mass is 35.6. The summed E-state index contributed by atoms with van der Waals surface area (Å²) in [5.74, 6) is -0.279. The molecule has 28 heavy (non-hydrogen) atoms. The van der Waals surface area contributed by atoms with E-state index in [1.165, 1.54) is 28.8 Å². The molecule has 13 heteroatoms. The topological polar surface area (TPSA) is 111 Å². The maximum absolute atomic E-state index is 13.0. The molecule has 0 fully saturated rings. The second-order valence-corrected chi connectivity index (χ2v) is 7.85. The molecule has 1 aromatic carbocycles. The van der Waals surface area contributed by atoms with Crippen LogP contribution in [0.15, 0.2) is 30.5 Å². The molecule has 2 aromatic rings. The van der Waals surface area contributed by atoms with Crippen LogP contribution in [0.2, 0.25) is 0 Å². The quantitative estimate of drug-likeness (QED) is 0.285. The van der Waals surface area contributed by atoms with E-state index in [4.69, 9.17) is 39.5 Å². The minimum Gasteiger partial charge on any atom is -0.445 e. The maximum atomic E-state index is 13.0. The Morgan fingerprint density at radius 2 is 2.04 bits per heavy atom. The van der Waals surface area contributed by atoms with E-state index in [0.29, 0.717) is 11.5 Å². The monoisotopic (exact) mass is 453 g/mol. The zero-order valence-corrected chi connectivity index (χ0v) is 16.6. The standard InChI is InChI=1S/C15H15Cl3FN5O4/c1-9-20-8-12(24(26)27)23(9)6-7-28-14(25)22-13(15(16,17)18)21-11-4-2-10(19)3-5-11/h2-5,8,13,21H,6-7H2,1H3,(H,22,25). The number of carbonyl (C=O) groups is 1. The summed E-state index contributed by atoms with van der Waals surface area (Å²) >= 11 is 17.6. The number of aromatic nitrogens is 2. The fourth-order valence-electron chi connectivity index (χ4n) is 2.18. The molecule has 0 aliphatic heterocycles. The van der Waals surface area contributed by atoms with E-state index in [-0.39, 0.29) is 19.0 Å². The van der Waals surface area contributed by atoms with Gasteiger partial charge >= 0.3 is 11.9 Å². The van der Waals surface area contributed by atoms with Crippen LogP contribution in [0.1, 0.15) is 5.82 Å². The predicted octanol–water partition coefficient (Wildman–Crippen LogP) is 3.77. The third kappa shape index (κ3) is 6.11. The first-order valence-electron chi connectivity index (χ1n) is 7.76. The van der Waals surface area contributed by atoms with Gasteiger partial charge in [-0.15, -0.1) is 0 Å². The van der Waals surface area contributed by atoms with Crippen LogP contribution in [-0.4, -0.2) is 37.1 Å². The van der Waals surface area contributed by atoms with E-state index >= 15 is 0 Å². The highest BCUT2D eigenvalue weighted by Crippen LogP contribution is 2.31. The second-order valence-electron chi connectivity index (χ2n) is 5.48. The molecule has 2 N–H and O–H groups in total. The Hall–Kier alpha value is -2.30. The first-order valence-corrected chi connectivity index (χ1v) is 8.90. The number of hydrogen-bond acceptors (Lipinski definition) is 6. The lowest BCUT2D eigenvalue weighted by molar-refractivity contribution is -0.392. The van der Waals surface area contributed by atoms with Crippen molar-refractivity contribution in [2.75, 3.05) is 11.9 Å². The third-order valence-corrected chi connectivity index (χ3v) is 4.17. The molecule has 0 aliphatic carbocycles. The Bertz CT molecular complexity index is 841. The fraction of sp³-hybridized carbons (Fsp3) is 0.333. The molecule has 0 bridgehead atoms. The van der Waals surface area contributed by atoms with E-state index < -0.39 is 26.8 Å². The van der Waals surface area contributed by atoms with Crippen LogP contribution in [0.3, 0.4) is 0 Å². The number of alkyl carbamates (subject to hydrolysis) is 1. The first-order chi connectivity index (χ1) is 13.1. The van der Waals surface area contributed by atoms with Crippen molar-refractivity contribution in [1.82, 2.24) is 14.9 Å². The van der Waals surface area contributed by atoms with Crippen LogP contribution >= 0.6 is 34.8 Å². The number of nitrogens with one attached hydrogen (secondary N) is 2. The molecule has 0 saturated heterocycles. The van der Waals surface area contributed by atoms with Gasteiger partial charge in [-0.1, -0.05) is 34.8 Å². The molecule has 152 valence electrons. The molecule has 9 nitrogen and oxygen atoms in total. The highest BCUT2D eigenvalue weighted by Gasteiger charge is 2.34. The van der Waals surface area contributed by atoms with Crippen LogP contribution < -0.4 is 10.6 Å². The minimum atomic E-state index is -1.95. The van der Waals surface area contributed by atoms with Gasteiger partial charge in [0.15, 0.2) is 5.82 Å². The predicted molar refractivity (Wildman–Crippen MR) is 102 cm³/mol. The van der Waals surface area contributed by atoms with Crippen molar-refractivity contribution in [1.29, 1.82) is 0 Å². The summed E-state index contributed by atoms with van der Waals surface area (Å²) in [6.07, 6.45) is -1.01. The number of imidazole rings is 1. The van der Waals surface area contributed by atoms with Gasteiger partial charge in [0.25, 0.3) is 0 Å². The number of amides is 1. The van der Waals surface area contributed by atoms with Crippen molar-refractivity contribution < 1.29 is 18.8 Å². The lowest BCUT2D eigenvalue weighted by Gasteiger charge is -2.27. The fourth-order valence-corrected chi connectivity index (χ4v) is 2.51. The largest absolute Gasteiger partial charge is 0.445 e. The SMILES string of the molecule is Cc1ncc([N+](=O)[O-])n1CCOC(=O)NC(Nc1ccc(F)cc1)C(Cl)(Cl)Cl. The molecule has 1 unspecified atom stereocenters. The average molecular weight is 455 g/mol. The summed E-state index contributed by atoms with van der Waals surface area (Å²) in [5.41, 5.74) is 0.391. The number of hydrogen-bond donors (Lipinski definition) is 2. The lowest BCUT2D eigenvalue weighted by atomic mass is 10.3. The Morgan fingerprint density at radius 3 is 2.61 bits per heavy atom. The van der Waals surface area contributed by atoms with Crippen LogP contribution in [0.5, 0.6) is 0 Å². The van der Waals surface area contributed by atoms with Gasteiger partial charge in [0.2, 0.25) is 3.79 Å². The molecule has 1 amide bonds. The Kier molecular flexibility index (Phi) is 7.28. The number of aryl methyl sites for hydroxylation is 1. The number of nitro groups is 1. The van der Waals surface area contributed by atoms with Gasteiger partial charge in [0.05, 0.1) is 0 Å². The number of rotatable bonds is 7. The number of ether oxygens (including phenoxy) is 1. The Balaban J connectivity index is 1.94. The number of alkyl halides is 3. The highest BCUT2D eigenvalue weighted by molar-refractivity contribution is 6.68. The van der Waals surface area contributed by atoms with Crippen molar-refractivity contribution in [3.8, 4) is 0 Å². The molecular formula is C15H15Cl3FN5O4. The van der Waals surface area contributed by atoms with Crippen LogP contribution in [0.25, 0.3) is 0 Å². The first kappa shape index (κ1) is 22.0. The minimum absolute atomic E-state index is 0.0133. The van der Waals surface area contributed by atoms with E-state index in [1.54, 1.807) is 6.92 Å². The summed E-state index contributed by atoms with van der Waals surface area (Å²) in [7, 11) is 0. The van der Waals surface area contributed by atoms with Gasteiger partial charge in [0, 0.05) is 12.6 Å². The summed E-state index contributed by atoms with van der Waals surface area (Å²) in [6.45, 7) is 1.41. The number of halogens is 4. The zero-order chi connectivity index (χ0) is 20.9. The zero-order valence-electron chi connectivity index (χ0n) is 14.4. The lowest BCUT2D eigenvalue weighted by Crippen LogP contribution is -2.49. The van der Waals surface area contributed by atoms with Gasteiger partial charge in [-0.2, -0.15) is 0 Å². The third-order valence-electron chi connectivity index (χ3n) is 3.51. The molecule has 1 heterocycles. The maximum Gasteiger partial charge on any atom is 0.409 e. The van der Waals surface area contributed by atoms with E-state index in [2.05, 4.69) is 15.6 Å². The molecule has 1 atom stereocenters. The number of benzene rings is 1. The molecular weight excluding hydrogens is 440 g/mol. The number of anilines is 1. The van der Waals surface area contributed by atoms with Gasteiger partial charge in [-0.05, 0) is 29.2 Å². The van der Waals surface area contributed by atoms with E-state index in [1.807, 2.05) is 0 Å². The van der Waals surface area contributed by atoms with Crippen molar-refractivity contribution in [3.63, 3.8) is 0 Å². The molecule has 0 radical (unpaired) electrons. The van der Waals surface area contributed by atoms with Crippen molar-refractivity contribution >= 4 is 52.4 Å². The van der Waals surface area contributed by atoms with Crippen molar-refractivity contribution in [3.05, 3.63) is 52.2 Å². The van der Waals surface area contributed by atoms with Crippen LogP contribution in [-0.2, 0) is 11.3 Å². The summed E-state index contributed by atoms with van der Waals surface area (Å²) in [6, 6.07) is 5.17. The van der Waals surface area contributed by atoms with Gasteiger partial charge in [-0.25, -0.2) is 18.7 Å². The second kappa shape index (κ2) is 9.26. The van der Waals surface area contributed by atoms with E-state index in [9.17, 15) is 19.3 Å². The van der Waals surface area contributed by atoms with Crippen molar-refractivity contribution in [2.24, 2.45) is 0 Å². The van der Waals surface area contributed by atoms with Gasteiger partial charge < -0.3 is 20.2 Å². The smallest absolute Gasteiger partial charge is 0.409 e. The Morgan fingerprint density at radius 1 is 1.39 bits per heavy atom. The summed E-state index contributed by atoms with van der Waals surface area (Å²) < 4.78 is 17.3. The van der Waals surface area contributed by atoms with Gasteiger partial charge in [-0.3, -0.25) is 5.32 Å². The summed E-state index contributed by atoms with van der Waals surface area (Å²) in [4.78, 5) is 26.2. The number of carbonyl (C=O) groups excluding carboxylic acids is 1. The molecule has 0 saturated carbocycles. The molecule has 0 aliphatic rings. The average Bonchev–Trinajstić information content (AvgIpc) is 2.96. The summed E-state index contributed by atoms with van der Waals surface area (Å²) in [5, 5.41) is 16.0. The van der Waals surface area contributed by atoms with E-state index in [0.717, 1.165) is 6.20 Å². The van der Waals surface area contributed by atoms with Gasteiger partial charge in [0.1, 0.15) is 31.3 Å². The number of nitrogens with zero attached hydrogens (tertiary/aromatic N) is 3. The molecule has 2 rings (SSSR count). The van der Waals surface area contributed by atoms with Crippen molar-refractivity contribution in [2.45, 2.75) is 23.4 Å². The van der Waals surface area contributed by atoms with Crippen LogP contribution in [0, 0.1) is 22.9 Å². The normalized spacial score (nSPS) is 12.3. The molecule has 1 aromatic heterocycles. The molecule has 0 spiro atoms.